The van der Waals surface area contributed by atoms with Gasteiger partial charge in [0.05, 0.1) is 12.0 Å². The van der Waals surface area contributed by atoms with Crippen molar-refractivity contribution in [3.8, 4) is 0 Å². The topological polar surface area (TPSA) is 81.1 Å². The van der Waals surface area contributed by atoms with Crippen LogP contribution in [0, 0.1) is 0 Å². The van der Waals surface area contributed by atoms with E-state index in [-0.39, 0.29) is 28.7 Å². The summed E-state index contributed by atoms with van der Waals surface area (Å²) in [4.78, 5) is 15.2. The van der Waals surface area contributed by atoms with Crippen molar-refractivity contribution in [1.82, 2.24) is 9.55 Å². The Kier molecular flexibility index (Phi) is 2.97. The number of aromatic nitrogens is 2. The Morgan fingerprint density at radius 3 is 3.07 bits per heavy atom. The molecule has 1 aromatic heterocycles. The number of thioether (sulfide) groups is 1. The van der Waals surface area contributed by atoms with Crippen LogP contribution >= 0.6 is 11.8 Å². The molecule has 3 N–H and O–H groups in total. The molecule has 2 atom stereocenters. The van der Waals surface area contributed by atoms with Crippen molar-refractivity contribution < 1.29 is 5.11 Å². The van der Waals surface area contributed by atoms with Gasteiger partial charge in [0.2, 0.25) is 0 Å². The van der Waals surface area contributed by atoms with Gasteiger partial charge in [-0.25, -0.2) is 4.79 Å². The Morgan fingerprint density at radius 1 is 1.67 bits per heavy atom. The van der Waals surface area contributed by atoms with Gasteiger partial charge in [-0.3, -0.25) is 4.57 Å². The van der Waals surface area contributed by atoms with E-state index in [1.54, 1.807) is 28.6 Å². The normalized spacial score (nSPS) is 25.7. The largest absolute Gasteiger partial charge is 0.395 e. The number of nitrogen functional groups attached to an aromatic ring is 1. The van der Waals surface area contributed by atoms with Gasteiger partial charge in [0.1, 0.15) is 5.82 Å². The molecular formula is C9H13N3O2S. The first-order valence-corrected chi connectivity index (χ1v) is 5.76. The lowest BCUT2D eigenvalue weighted by atomic mass is 10.2. The van der Waals surface area contributed by atoms with Gasteiger partial charge in [-0.2, -0.15) is 4.98 Å². The number of aliphatic hydroxyl groups is 1. The van der Waals surface area contributed by atoms with E-state index in [4.69, 9.17) is 10.8 Å². The SMILES string of the molecule is Nc1ccn(C2CCC(CO)S2)c(=O)n1. The second-order valence-corrected chi connectivity index (χ2v) is 5.00. The maximum atomic E-state index is 11.5. The molecule has 0 radical (unpaired) electrons. The van der Waals surface area contributed by atoms with E-state index in [1.807, 2.05) is 0 Å². The zero-order valence-electron chi connectivity index (χ0n) is 8.17. The predicted molar refractivity (Wildman–Crippen MR) is 59.6 cm³/mol. The lowest BCUT2D eigenvalue weighted by Crippen LogP contribution is -2.24. The molecule has 5 nitrogen and oxygen atoms in total. The van der Waals surface area contributed by atoms with Gasteiger partial charge in [-0.15, -0.1) is 11.8 Å². The highest BCUT2D eigenvalue weighted by Crippen LogP contribution is 2.40. The van der Waals surface area contributed by atoms with Crippen LogP contribution in [0.15, 0.2) is 17.1 Å². The number of hydrogen-bond acceptors (Lipinski definition) is 5. The van der Waals surface area contributed by atoms with Crippen LogP contribution in [0.4, 0.5) is 5.82 Å². The number of aliphatic hydroxyl groups excluding tert-OH is 1. The van der Waals surface area contributed by atoms with Gasteiger partial charge in [0.25, 0.3) is 0 Å². The Morgan fingerprint density at radius 2 is 2.47 bits per heavy atom. The van der Waals surface area contributed by atoms with Crippen LogP contribution < -0.4 is 11.4 Å². The van der Waals surface area contributed by atoms with Crippen molar-refractivity contribution >= 4 is 17.6 Å². The Bertz CT molecular complexity index is 407. The van der Waals surface area contributed by atoms with Crippen LogP contribution in [0.5, 0.6) is 0 Å². The van der Waals surface area contributed by atoms with Crippen molar-refractivity contribution in [2.45, 2.75) is 23.5 Å². The first-order valence-electron chi connectivity index (χ1n) is 4.81. The molecule has 0 bridgehead atoms. The monoisotopic (exact) mass is 227 g/mol. The molecule has 0 amide bonds. The summed E-state index contributed by atoms with van der Waals surface area (Å²) in [7, 11) is 0. The average molecular weight is 227 g/mol. The van der Waals surface area contributed by atoms with E-state index >= 15 is 0 Å². The molecule has 0 aliphatic carbocycles. The van der Waals surface area contributed by atoms with E-state index in [0.29, 0.717) is 0 Å². The molecule has 1 fully saturated rings. The van der Waals surface area contributed by atoms with Crippen molar-refractivity contribution in [1.29, 1.82) is 0 Å². The van der Waals surface area contributed by atoms with Crippen LogP contribution in [0.2, 0.25) is 0 Å². The second-order valence-electron chi connectivity index (χ2n) is 3.51. The third-order valence-electron chi connectivity index (χ3n) is 2.45. The summed E-state index contributed by atoms with van der Waals surface area (Å²) in [5.74, 6) is 0.248. The molecule has 1 aliphatic heterocycles. The highest BCUT2D eigenvalue weighted by molar-refractivity contribution is 8.00. The number of nitrogens with zero attached hydrogens (tertiary/aromatic N) is 2. The average Bonchev–Trinajstić information content (AvgIpc) is 2.66. The fourth-order valence-electron chi connectivity index (χ4n) is 1.67. The van der Waals surface area contributed by atoms with Gasteiger partial charge >= 0.3 is 5.69 Å². The minimum atomic E-state index is -0.314. The lowest BCUT2D eigenvalue weighted by molar-refractivity contribution is 0.292. The summed E-state index contributed by atoms with van der Waals surface area (Å²) in [6.07, 6.45) is 3.49. The van der Waals surface area contributed by atoms with Gasteiger partial charge in [0, 0.05) is 11.4 Å². The first-order chi connectivity index (χ1) is 7.20. The van der Waals surface area contributed by atoms with Crippen molar-refractivity contribution in [3.63, 3.8) is 0 Å². The predicted octanol–water partition coefficient (Wildman–Crippen LogP) is 0.212. The fourth-order valence-corrected chi connectivity index (χ4v) is 3.04. The third kappa shape index (κ3) is 2.15. The quantitative estimate of drug-likeness (QED) is 0.755. The van der Waals surface area contributed by atoms with Gasteiger partial charge in [-0.1, -0.05) is 0 Å². The smallest absolute Gasteiger partial charge is 0.350 e. The van der Waals surface area contributed by atoms with Crippen molar-refractivity contribution in [3.05, 3.63) is 22.7 Å². The molecule has 1 aromatic rings. The van der Waals surface area contributed by atoms with E-state index < -0.39 is 0 Å². The Hall–Kier alpha value is -1.01. The summed E-state index contributed by atoms with van der Waals surface area (Å²) < 4.78 is 1.58. The van der Waals surface area contributed by atoms with E-state index in [2.05, 4.69) is 4.98 Å². The fraction of sp³-hybridized carbons (Fsp3) is 0.556. The molecule has 0 saturated carbocycles. The van der Waals surface area contributed by atoms with Crippen LogP contribution in [-0.4, -0.2) is 26.5 Å². The van der Waals surface area contributed by atoms with Crippen LogP contribution in [0.1, 0.15) is 18.2 Å². The molecule has 0 aromatic carbocycles. The molecule has 82 valence electrons. The molecule has 0 spiro atoms. The molecular weight excluding hydrogens is 214 g/mol. The zero-order chi connectivity index (χ0) is 10.8. The summed E-state index contributed by atoms with van der Waals surface area (Å²) in [6, 6.07) is 1.62. The molecule has 15 heavy (non-hydrogen) atoms. The number of hydrogen-bond donors (Lipinski definition) is 2. The zero-order valence-corrected chi connectivity index (χ0v) is 8.98. The standard InChI is InChI=1S/C9H13N3O2S/c10-7-3-4-12(9(14)11-7)8-2-1-6(5-13)15-8/h3-4,6,8,13H,1-2,5H2,(H2,10,11,14). The van der Waals surface area contributed by atoms with Crippen LogP contribution in [0.3, 0.4) is 0 Å². The number of anilines is 1. The lowest BCUT2D eigenvalue weighted by Gasteiger charge is -2.12. The van der Waals surface area contributed by atoms with Gasteiger partial charge in [-0.05, 0) is 18.9 Å². The molecule has 2 unspecified atom stereocenters. The van der Waals surface area contributed by atoms with E-state index in [0.717, 1.165) is 12.8 Å². The third-order valence-corrected chi connectivity index (χ3v) is 4.00. The Balaban J connectivity index is 2.20. The van der Waals surface area contributed by atoms with E-state index in [1.165, 1.54) is 0 Å². The van der Waals surface area contributed by atoms with Crippen LogP contribution in [-0.2, 0) is 0 Å². The van der Waals surface area contributed by atoms with E-state index in [9.17, 15) is 4.79 Å². The molecule has 2 heterocycles. The second kappa shape index (κ2) is 4.24. The molecule has 1 saturated heterocycles. The first kappa shape index (κ1) is 10.5. The summed E-state index contributed by atoms with van der Waals surface area (Å²) in [5.41, 5.74) is 5.09. The van der Waals surface area contributed by atoms with Gasteiger partial charge < -0.3 is 10.8 Å². The minimum Gasteiger partial charge on any atom is -0.395 e. The highest BCUT2D eigenvalue weighted by Gasteiger charge is 2.26. The maximum absolute atomic E-state index is 11.5. The maximum Gasteiger partial charge on any atom is 0.350 e. The summed E-state index contributed by atoms with van der Waals surface area (Å²) in [6.45, 7) is 0.165. The summed E-state index contributed by atoms with van der Waals surface area (Å²) in [5, 5.41) is 9.32. The number of rotatable bonds is 2. The van der Waals surface area contributed by atoms with Crippen molar-refractivity contribution in [2.75, 3.05) is 12.3 Å². The van der Waals surface area contributed by atoms with Crippen molar-refractivity contribution in [2.24, 2.45) is 0 Å². The van der Waals surface area contributed by atoms with Gasteiger partial charge in [0.15, 0.2) is 0 Å². The Labute approximate surface area is 91.3 Å². The van der Waals surface area contributed by atoms with Crippen LogP contribution in [0.25, 0.3) is 0 Å². The molecule has 2 rings (SSSR count). The summed E-state index contributed by atoms with van der Waals surface area (Å²) >= 11 is 1.62. The molecule has 6 heteroatoms. The number of nitrogens with two attached hydrogens (primary N) is 1. The minimum absolute atomic E-state index is 0.0859. The highest BCUT2D eigenvalue weighted by atomic mass is 32.2. The molecule has 1 aliphatic rings.